The standard InChI is InChI=1S/C52H37N3O/c1-5-16-39(17-6-1)53(40-18-7-2-8-19-40)43-26-30-45(31-27-43)55(47-34-36-49-50-35-25-38-15-13-14-24-48(38)52(50)56-51(49)37-47)46-32-28-44(29-33-46)54(41-20-9-3-10-21-41)42-22-11-4-12-23-42/h1-37H. The molecule has 266 valence electrons. The summed E-state index contributed by atoms with van der Waals surface area (Å²) in [7, 11) is 0. The summed E-state index contributed by atoms with van der Waals surface area (Å²) < 4.78 is 6.69. The molecule has 0 saturated carbocycles. The molecular weight excluding hydrogens is 683 g/mol. The van der Waals surface area contributed by atoms with E-state index >= 15 is 0 Å². The van der Waals surface area contributed by atoms with Crippen LogP contribution < -0.4 is 14.7 Å². The summed E-state index contributed by atoms with van der Waals surface area (Å²) in [6, 6.07) is 79.0. The van der Waals surface area contributed by atoms with Crippen molar-refractivity contribution in [1.82, 2.24) is 0 Å². The first-order chi connectivity index (χ1) is 27.8. The van der Waals surface area contributed by atoms with Gasteiger partial charge < -0.3 is 19.1 Å². The van der Waals surface area contributed by atoms with E-state index in [2.05, 4.69) is 239 Å². The highest BCUT2D eigenvalue weighted by molar-refractivity contribution is 6.15. The third-order valence-corrected chi connectivity index (χ3v) is 10.4. The molecule has 0 N–H and O–H groups in total. The van der Waals surface area contributed by atoms with Crippen LogP contribution in [0.15, 0.2) is 229 Å². The molecule has 0 aliphatic rings. The van der Waals surface area contributed by atoms with Gasteiger partial charge in [0.1, 0.15) is 11.2 Å². The third-order valence-electron chi connectivity index (χ3n) is 10.4. The Morgan fingerprint density at radius 2 is 0.589 bits per heavy atom. The van der Waals surface area contributed by atoms with Crippen LogP contribution in [0, 0.1) is 0 Å². The first-order valence-corrected chi connectivity index (χ1v) is 18.9. The molecule has 0 aliphatic heterocycles. The molecule has 9 aromatic carbocycles. The summed E-state index contributed by atoms with van der Waals surface area (Å²) in [5.41, 5.74) is 11.4. The summed E-state index contributed by atoms with van der Waals surface area (Å²) >= 11 is 0. The lowest BCUT2D eigenvalue weighted by Gasteiger charge is -2.29. The van der Waals surface area contributed by atoms with Crippen molar-refractivity contribution in [3.8, 4) is 0 Å². The minimum Gasteiger partial charge on any atom is -0.455 e. The predicted molar refractivity (Wildman–Crippen MR) is 235 cm³/mol. The maximum atomic E-state index is 6.69. The van der Waals surface area contributed by atoms with Crippen LogP contribution in [0.3, 0.4) is 0 Å². The second-order valence-electron chi connectivity index (χ2n) is 13.8. The molecule has 0 unspecified atom stereocenters. The van der Waals surface area contributed by atoms with Crippen LogP contribution in [0.1, 0.15) is 0 Å². The summed E-state index contributed by atoms with van der Waals surface area (Å²) in [5, 5.41) is 4.51. The largest absolute Gasteiger partial charge is 0.455 e. The number of hydrogen-bond acceptors (Lipinski definition) is 4. The van der Waals surface area contributed by atoms with Gasteiger partial charge >= 0.3 is 0 Å². The molecule has 0 radical (unpaired) electrons. The molecule has 0 saturated heterocycles. The zero-order valence-corrected chi connectivity index (χ0v) is 30.6. The maximum Gasteiger partial charge on any atom is 0.143 e. The normalized spacial score (nSPS) is 11.2. The van der Waals surface area contributed by atoms with Crippen LogP contribution in [0.5, 0.6) is 0 Å². The lowest BCUT2D eigenvalue weighted by Crippen LogP contribution is -2.13. The molecular formula is C52H37N3O. The number of rotatable bonds is 9. The molecule has 1 aromatic heterocycles. The third kappa shape index (κ3) is 6.09. The fourth-order valence-corrected chi connectivity index (χ4v) is 7.78. The minimum absolute atomic E-state index is 0.853. The lowest BCUT2D eigenvalue weighted by molar-refractivity contribution is 0.672. The summed E-state index contributed by atoms with van der Waals surface area (Å²) in [4.78, 5) is 6.88. The van der Waals surface area contributed by atoms with E-state index in [9.17, 15) is 0 Å². The Morgan fingerprint density at radius 3 is 1.04 bits per heavy atom. The minimum atomic E-state index is 0.853. The van der Waals surface area contributed by atoms with Gasteiger partial charge in [-0.25, -0.2) is 0 Å². The Kier molecular flexibility index (Phi) is 8.47. The number of benzene rings is 9. The van der Waals surface area contributed by atoms with Crippen molar-refractivity contribution in [3.63, 3.8) is 0 Å². The Morgan fingerprint density at radius 1 is 0.250 bits per heavy atom. The smallest absolute Gasteiger partial charge is 0.143 e. The van der Waals surface area contributed by atoms with Crippen molar-refractivity contribution in [2.24, 2.45) is 0 Å². The average Bonchev–Trinajstić information content (AvgIpc) is 3.65. The Labute approximate surface area is 326 Å². The molecule has 4 nitrogen and oxygen atoms in total. The highest BCUT2D eigenvalue weighted by Gasteiger charge is 2.19. The molecule has 0 spiro atoms. The van der Waals surface area contributed by atoms with Gasteiger partial charge in [-0.3, -0.25) is 0 Å². The van der Waals surface area contributed by atoms with Crippen LogP contribution in [-0.4, -0.2) is 0 Å². The number of fused-ring (bicyclic) bond motifs is 5. The van der Waals surface area contributed by atoms with E-state index in [1.165, 1.54) is 5.39 Å². The Bertz CT molecular complexity index is 2690. The molecule has 10 aromatic rings. The van der Waals surface area contributed by atoms with Crippen LogP contribution in [0.25, 0.3) is 32.7 Å². The monoisotopic (exact) mass is 719 g/mol. The highest BCUT2D eigenvalue weighted by Crippen LogP contribution is 2.43. The summed E-state index contributed by atoms with van der Waals surface area (Å²) in [6.07, 6.45) is 0. The number of anilines is 9. The van der Waals surface area contributed by atoms with Crippen molar-refractivity contribution in [1.29, 1.82) is 0 Å². The first kappa shape index (κ1) is 33.0. The van der Waals surface area contributed by atoms with Gasteiger partial charge in [-0.05, 0) is 121 Å². The first-order valence-electron chi connectivity index (χ1n) is 18.9. The van der Waals surface area contributed by atoms with Crippen LogP contribution in [0.4, 0.5) is 51.2 Å². The quantitative estimate of drug-likeness (QED) is 0.148. The van der Waals surface area contributed by atoms with Gasteiger partial charge in [0.05, 0.1) is 0 Å². The number of hydrogen-bond donors (Lipinski definition) is 0. The molecule has 0 bridgehead atoms. The maximum absolute atomic E-state index is 6.69. The zero-order valence-electron chi connectivity index (χ0n) is 30.6. The van der Waals surface area contributed by atoms with E-state index in [0.717, 1.165) is 78.5 Å². The highest BCUT2D eigenvalue weighted by atomic mass is 16.3. The lowest BCUT2D eigenvalue weighted by atomic mass is 10.1. The van der Waals surface area contributed by atoms with Gasteiger partial charge in [-0.1, -0.05) is 103 Å². The zero-order chi connectivity index (χ0) is 37.3. The van der Waals surface area contributed by atoms with E-state index in [0.29, 0.717) is 0 Å². The summed E-state index contributed by atoms with van der Waals surface area (Å²) in [5.74, 6) is 0. The van der Waals surface area contributed by atoms with Gasteiger partial charge in [-0.15, -0.1) is 0 Å². The molecule has 0 aliphatic carbocycles. The number of furan rings is 1. The van der Waals surface area contributed by atoms with Gasteiger partial charge in [-0.2, -0.15) is 0 Å². The van der Waals surface area contributed by atoms with Gasteiger partial charge in [0.2, 0.25) is 0 Å². The van der Waals surface area contributed by atoms with Crippen molar-refractivity contribution in [3.05, 3.63) is 224 Å². The van der Waals surface area contributed by atoms with E-state index < -0.39 is 0 Å². The van der Waals surface area contributed by atoms with Gasteiger partial charge in [0, 0.05) is 73.4 Å². The van der Waals surface area contributed by atoms with Crippen molar-refractivity contribution in [2.75, 3.05) is 14.7 Å². The fourth-order valence-electron chi connectivity index (χ4n) is 7.78. The molecule has 4 heteroatoms. The SMILES string of the molecule is c1ccc(N(c2ccccc2)c2ccc(N(c3ccc(N(c4ccccc4)c4ccccc4)cc3)c3ccc4c(c3)oc3c5ccccc5ccc43)cc2)cc1. The molecule has 0 amide bonds. The van der Waals surface area contributed by atoms with Crippen molar-refractivity contribution >= 4 is 83.9 Å². The predicted octanol–water partition coefficient (Wildman–Crippen LogP) is 15.1. The Hall–Kier alpha value is -7.56. The van der Waals surface area contributed by atoms with Gasteiger partial charge in [0.25, 0.3) is 0 Å². The molecule has 10 rings (SSSR count). The van der Waals surface area contributed by atoms with E-state index in [4.69, 9.17) is 4.42 Å². The molecule has 0 atom stereocenters. The van der Waals surface area contributed by atoms with Crippen molar-refractivity contribution in [2.45, 2.75) is 0 Å². The van der Waals surface area contributed by atoms with Crippen molar-refractivity contribution < 1.29 is 4.42 Å². The van der Waals surface area contributed by atoms with Gasteiger partial charge in [0.15, 0.2) is 0 Å². The molecule has 56 heavy (non-hydrogen) atoms. The topological polar surface area (TPSA) is 22.9 Å². The second kappa shape index (κ2) is 14.3. The van der Waals surface area contributed by atoms with Crippen LogP contribution >= 0.6 is 0 Å². The fraction of sp³-hybridized carbons (Fsp3) is 0. The van der Waals surface area contributed by atoms with E-state index in [1.54, 1.807) is 0 Å². The average molecular weight is 720 g/mol. The summed E-state index contributed by atoms with van der Waals surface area (Å²) in [6.45, 7) is 0. The van der Waals surface area contributed by atoms with E-state index in [1.807, 2.05) is 0 Å². The molecule has 0 fully saturated rings. The number of nitrogens with zero attached hydrogens (tertiary/aromatic N) is 3. The Balaban J connectivity index is 1.10. The second-order valence-corrected chi connectivity index (χ2v) is 13.8. The number of para-hydroxylation sites is 4. The van der Waals surface area contributed by atoms with E-state index in [-0.39, 0.29) is 0 Å². The molecule has 1 heterocycles. The van der Waals surface area contributed by atoms with Crippen LogP contribution in [0.2, 0.25) is 0 Å². The van der Waals surface area contributed by atoms with Crippen LogP contribution in [-0.2, 0) is 0 Å².